The van der Waals surface area contributed by atoms with Gasteiger partial charge in [0.05, 0.1) is 7.11 Å². The normalized spacial score (nSPS) is 7.00. The number of methoxy groups -OCH3 is 1. The lowest BCUT2D eigenvalue weighted by molar-refractivity contribution is 0.178. The lowest BCUT2D eigenvalue weighted by atomic mass is 11.2. The number of amides is 1. The number of hydrogen-bond donors (Lipinski definition) is 1. The first kappa shape index (κ1) is 5.62. The maximum atomic E-state index is 9.74. The van der Waals surface area contributed by atoms with Crippen molar-refractivity contribution in [3.8, 4) is 0 Å². The molecule has 0 saturated carbocycles. The fourth-order valence-corrected chi connectivity index (χ4v) is 0.125. The van der Waals surface area contributed by atoms with Crippen molar-refractivity contribution < 1.29 is 9.53 Å². The molecule has 36 valence electrons. The van der Waals surface area contributed by atoms with Crippen LogP contribution in [-0.2, 0) is 17.6 Å². The topological polar surface area (TPSA) is 38.3 Å². The van der Waals surface area contributed by atoms with Gasteiger partial charge < -0.3 is 22.3 Å². The number of rotatable bonds is 0. The SMILES string of the molecule is COC(=O)N[S-]. The van der Waals surface area contributed by atoms with Gasteiger partial charge in [0.15, 0.2) is 0 Å². The molecule has 0 aromatic carbocycles. The summed E-state index contributed by atoms with van der Waals surface area (Å²) < 4.78 is 5.88. The molecule has 0 aromatic heterocycles. The second-order valence-electron chi connectivity index (χ2n) is 0.594. The molecule has 0 aliphatic carbocycles. The van der Waals surface area contributed by atoms with E-state index in [-0.39, 0.29) is 0 Å². The van der Waals surface area contributed by atoms with Gasteiger partial charge in [0, 0.05) is 0 Å². The van der Waals surface area contributed by atoms with Gasteiger partial charge in [-0.05, 0) is 0 Å². The minimum Gasteiger partial charge on any atom is -0.664 e. The zero-order valence-electron chi connectivity index (χ0n) is 3.22. The van der Waals surface area contributed by atoms with Gasteiger partial charge in [-0.15, -0.1) is 0 Å². The summed E-state index contributed by atoms with van der Waals surface area (Å²) in [4.78, 5) is 9.74. The summed E-state index contributed by atoms with van der Waals surface area (Å²) in [6.07, 6.45) is -0.593. The van der Waals surface area contributed by atoms with Gasteiger partial charge in [0.1, 0.15) is 0 Å². The Bertz CT molecular complexity index is 49.5. The molecular formula is C2H4NO2S-. The monoisotopic (exact) mass is 106 g/mol. The van der Waals surface area contributed by atoms with Crippen molar-refractivity contribution in [2.24, 2.45) is 0 Å². The molecule has 0 heterocycles. The van der Waals surface area contributed by atoms with Crippen LogP contribution in [0, 0.1) is 0 Å². The molecule has 6 heavy (non-hydrogen) atoms. The molecule has 0 aromatic rings. The van der Waals surface area contributed by atoms with E-state index in [1.165, 1.54) is 7.11 Å². The minimum atomic E-state index is -0.593. The molecule has 0 radical (unpaired) electrons. The third kappa shape index (κ3) is 1.90. The van der Waals surface area contributed by atoms with Crippen molar-refractivity contribution in [3.05, 3.63) is 0 Å². The van der Waals surface area contributed by atoms with E-state index in [0.717, 1.165) is 0 Å². The molecule has 0 unspecified atom stereocenters. The molecule has 4 heteroatoms. The summed E-state index contributed by atoms with van der Waals surface area (Å²) in [7, 11) is 1.25. The second-order valence-corrected chi connectivity index (χ2v) is 0.798. The highest BCUT2D eigenvalue weighted by molar-refractivity contribution is 7.57. The van der Waals surface area contributed by atoms with E-state index in [2.05, 4.69) is 17.6 Å². The molecule has 0 aliphatic rings. The lowest BCUT2D eigenvalue weighted by Gasteiger charge is -2.02. The van der Waals surface area contributed by atoms with Crippen LogP contribution in [0.4, 0.5) is 4.79 Å². The number of nitrogens with one attached hydrogen (secondary N) is 1. The van der Waals surface area contributed by atoms with Crippen molar-refractivity contribution >= 4 is 18.9 Å². The summed E-state index contributed by atoms with van der Waals surface area (Å²) in [5.74, 6) is 0. The number of carbonyl (C=O) groups is 1. The van der Waals surface area contributed by atoms with E-state index < -0.39 is 6.09 Å². The van der Waals surface area contributed by atoms with Crippen molar-refractivity contribution in [3.63, 3.8) is 0 Å². The van der Waals surface area contributed by atoms with Crippen molar-refractivity contribution in [1.29, 1.82) is 0 Å². The predicted molar refractivity (Wildman–Crippen MR) is 22.9 cm³/mol. The highest BCUT2D eigenvalue weighted by Crippen LogP contribution is 1.62. The summed E-state index contributed by atoms with van der Waals surface area (Å²) in [5.41, 5.74) is 0. The number of carbonyl (C=O) groups excluding carboxylic acids is 1. The van der Waals surface area contributed by atoms with Crippen LogP contribution >= 0.6 is 0 Å². The minimum absolute atomic E-state index is 0.593. The summed E-state index contributed by atoms with van der Waals surface area (Å²) in [6.45, 7) is 0. The Morgan fingerprint density at radius 3 is 2.50 bits per heavy atom. The maximum Gasteiger partial charge on any atom is 0.384 e. The predicted octanol–water partition coefficient (Wildman–Crippen LogP) is -0.196. The molecule has 3 nitrogen and oxygen atoms in total. The molecule has 1 amide bonds. The standard InChI is InChI=1S/C2H4NO2S/c1-5-2(4)3-6/h1H3,(H-,3,4,6)/q-1. The average Bonchev–Trinajstić information content (AvgIpc) is 1.65. The van der Waals surface area contributed by atoms with E-state index in [1.807, 2.05) is 4.72 Å². The van der Waals surface area contributed by atoms with E-state index in [0.29, 0.717) is 0 Å². The molecule has 0 spiro atoms. The Morgan fingerprint density at radius 2 is 2.50 bits per heavy atom. The Balaban J connectivity index is 2.99. The maximum absolute atomic E-state index is 9.74. The number of ether oxygens (including phenoxy) is 1. The van der Waals surface area contributed by atoms with Crippen molar-refractivity contribution in [2.75, 3.05) is 7.11 Å². The van der Waals surface area contributed by atoms with Gasteiger partial charge >= 0.3 is 6.09 Å². The number of hydrogen-bond acceptors (Lipinski definition) is 3. The Kier molecular flexibility index (Phi) is 2.66. The van der Waals surface area contributed by atoms with E-state index in [9.17, 15) is 4.79 Å². The first-order valence-electron chi connectivity index (χ1n) is 1.27. The summed E-state index contributed by atoms with van der Waals surface area (Å²) in [6, 6.07) is 0. The highest BCUT2D eigenvalue weighted by Gasteiger charge is 1.79. The van der Waals surface area contributed by atoms with Gasteiger partial charge in [0.25, 0.3) is 0 Å². The Labute approximate surface area is 41.2 Å². The van der Waals surface area contributed by atoms with Gasteiger partial charge in [0.2, 0.25) is 0 Å². The third-order valence-corrected chi connectivity index (χ3v) is 0.435. The van der Waals surface area contributed by atoms with Gasteiger partial charge in [-0.2, -0.15) is 0 Å². The third-order valence-electron chi connectivity index (χ3n) is 0.269. The van der Waals surface area contributed by atoms with Crippen molar-refractivity contribution in [2.45, 2.75) is 0 Å². The van der Waals surface area contributed by atoms with Crippen LogP contribution < -0.4 is 4.72 Å². The lowest BCUT2D eigenvalue weighted by Crippen LogP contribution is -2.14. The fourth-order valence-electron chi connectivity index (χ4n) is 0.0417. The van der Waals surface area contributed by atoms with Gasteiger partial charge in [-0.3, -0.25) is 0 Å². The largest absolute Gasteiger partial charge is 0.664 e. The van der Waals surface area contributed by atoms with E-state index in [4.69, 9.17) is 0 Å². The van der Waals surface area contributed by atoms with Crippen LogP contribution in [-0.4, -0.2) is 13.2 Å². The first-order chi connectivity index (χ1) is 2.81. The van der Waals surface area contributed by atoms with Crippen LogP contribution in [0.15, 0.2) is 0 Å². The molecule has 0 fully saturated rings. The second kappa shape index (κ2) is 2.84. The molecule has 0 atom stereocenters. The van der Waals surface area contributed by atoms with E-state index in [1.54, 1.807) is 0 Å². The van der Waals surface area contributed by atoms with Crippen LogP contribution in [0.5, 0.6) is 0 Å². The highest BCUT2D eigenvalue weighted by atomic mass is 32.1. The molecule has 0 bridgehead atoms. The van der Waals surface area contributed by atoms with E-state index >= 15 is 0 Å². The summed E-state index contributed by atoms with van der Waals surface area (Å²) in [5, 5.41) is 0. The average molecular weight is 106 g/mol. The Hall–Kier alpha value is -0.380. The van der Waals surface area contributed by atoms with Gasteiger partial charge in [-0.1, -0.05) is 0 Å². The smallest absolute Gasteiger partial charge is 0.384 e. The van der Waals surface area contributed by atoms with Crippen LogP contribution in [0.2, 0.25) is 0 Å². The van der Waals surface area contributed by atoms with Crippen LogP contribution in [0.1, 0.15) is 0 Å². The van der Waals surface area contributed by atoms with Crippen LogP contribution in [0.25, 0.3) is 0 Å². The molecular weight excluding hydrogens is 102 g/mol. The van der Waals surface area contributed by atoms with Crippen LogP contribution in [0.3, 0.4) is 0 Å². The van der Waals surface area contributed by atoms with Crippen molar-refractivity contribution in [1.82, 2.24) is 4.72 Å². The molecule has 0 rings (SSSR count). The quantitative estimate of drug-likeness (QED) is 0.435. The Morgan fingerprint density at radius 1 is 2.00 bits per heavy atom. The molecule has 0 aliphatic heterocycles. The molecule has 0 saturated heterocycles. The molecule has 1 N–H and O–H groups in total. The fraction of sp³-hybridized carbons (Fsp3) is 0.500. The van der Waals surface area contributed by atoms with Gasteiger partial charge in [-0.25, -0.2) is 4.79 Å². The zero-order chi connectivity index (χ0) is 4.99. The first-order valence-corrected chi connectivity index (χ1v) is 1.68. The summed E-state index contributed by atoms with van der Waals surface area (Å²) >= 11 is 4.05. The zero-order valence-corrected chi connectivity index (χ0v) is 4.04.